The molecule has 0 aromatic carbocycles. The van der Waals surface area contributed by atoms with Gasteiger partial charge in [0.15, 0.2) is 11.0 Å². The van der Waals surface area contributed by atoms with Crippen molar-refractivity contribution in [2.45, 2.75) is 37.8 Å². The van der Waals surface area contributed by atoms with Gasteiger partial charge in [-0.05, 0) is 25.7 Å². The van der Waals surface area contributed by atoms with E-state index in [1.165, 1.54) is 0 Å². The molecule has 4 nitrogen and oxygen atoms in total. The molecule has 1 aliphatic rings. The zero-order chi connectivity index (χ0) is 10.7. The van der Waals surface area contributed by atoms with Gasteiger partial charge in [-0.15, -0.1) is 0 Å². The first-order valence-corrected chi connectivity index (χ1v) is 5.54. The molecule has 0 unspecified atom stereocenters. The number of rotatable bonds is 2. The fourth-order valence-corrected chi connectivity index (χ4v) is 1.99. The van der Waals surface area contributed by atoms with Crippen LogP contribution < -0.4 is 5.32 Å². The molecule has 0 aliphatic heterocycles. The predicted octanol–water partition coefficient (Wildman–Crippen LogP) is 1.85. The third-order valence-corrected chi connectivity index (χ3v) is 2.97. The molecule has 0 saturated heterocycles. The minimum absolute atomic E-state index is 0.139. The van der Waals surface area contributed by atoms with Gasteiger partial charge in [-0.2, -0.15) is 0 Å². The molecule has 2 rings (SSSR count). The first-order chi connectivity index (χ1) is 7.25. The minimum atomic E-state index is -0.139. The summed E-state index contributed by atoms with van der Waals surface area (Å²) in [6, 6.07) is 0.350. The third kappa shape index (κ3) is 2.79. The average Bonchev–Trinajstić information content (AvgIpc) is 2.25. The van der Waals surface area contributed by atoms with Gasteiger partial charge in [-0.1, -0.05) is 11.6 Å². The van der Waals surface area contributed by atoms with E-state index in [2.05, 4.69) is 15.3 Å². The fraction of sp³-hybridized carbons (Fsp3) is 0.600. The Hall–Kier alpha value is -0.870. The van der Waals surface area contributed by atoms with Gasteiger partial charge in [0, 0.05) is 18.4 Å². The smallest absolute Gasteiger partial charge is 0.171 e. The summed E-state index contributed by atoms with van der Waals surface area (Å²) in [6.45, 7) is 0. The summed E-state index contributed by atoms with van der Waals surface area (Å²) in [6.07, 6.45) is 6.64. The number of halogens is 1. The van der Waals surface area contributed by atoms with Crippen molar-refractivity contribution < 1.29 is 5.11 Å². The van der Waals surface area contributed by atoms with Crippen molar-refractivity contribution in [1.82, 2.24) is 9.97 Å². The molecule has 1 aromatic heterocycles. The van der Waals surface area contributed by atoms with Crippen LogP contribution in [-0.2, 0) is 0 Å². The predicted molar refractivity (Wildman–Crippen MR) is 58.9 cm³/mol. The maximum absolute atomic E-state index is 9.37. The van der Waals surface area contributed by atoms with Gasteiger partial charge >= 0.3 is 0 Å². The summed E-state index contributed by atoms with van der Waals surface area (Å²) in [5.74, 6) is 0.639. The van der Waals surface area contributed by atoms with Crippen molar-refractivity contribution in [3.63, 3.8) is 0 Å². The van der Waals surface area contributed by atoms with Crippen molar-refractivity contribution in [3.8, 4) is 0 Å². The van der Waals surface area contributed by atoms with Crippen LogP contribution in [0, 0.1) is 0 Å². The second kappa shape index (κ2) is 4.77. The van der Waals surface area contributed by atoms with E-state index in [1.54, 1.807) is 12.4 Å². The quantitative estimate of drug-likeness (QED) is 0.810. The number of anilines is 1. The van der Waals surface area contributed by atoms with E-state index in [1.807, 2.05) is 0 Å². The molecule has 0 radical (unpaired) electrons. The summed E-state index contributed by atoms with van der Waals surface area (Å²) in [7, 11) is 0. The molecule has 0 amide bonds. The van der Waals surface area contributed by atoms with Crippen LogP contribution in [0.25, 0.3) is 0 Å². The second-order valence-corrected chi connectivity index (χ2v) is 4.20. The van der Waals surface area contributed by atoms with Crippen molar-refractivity contribution in [2.75, 3.05) is 5.32 Å². The number of aliphatic hydroxyl groups excluding tert-OH is 1. The number of nitrogens with one attached hydrogen (secondary N) is 1. The number of hydrogen-bond acceptors (Lipinski definition) is 4. The Kier molecular flexibility index (Phi) is 3.38. The molecule has 0 spiro atoms. The Morgan fingerprint density at radius 2 is 1.87 bits per heavy atom. The minimum Gasteiger partial charge on any atom is -0.393 e. The van der Waals surface area contributed by atoms with E-state index in [0.717, 1.165) is 25.7 Å². The van der Waals surface area contributed by atoms with Crippen molar-refractivity contribution >= 4 is 17.4 Å². The second-order valence-electron chi connectivity index (χ2n) is 3.85. The van der Waals surface area contributed by atoms with E-state index in [0.29, 0.717) is 17.0 Å². The summed E-state index contributed by atoms with van der Waals surface area (Å²) in [4.78, 5) is 8.07. The molecule has 1 heterocycles. The van der Waals surface area contributed by atoms with Crippen LogP contribution in [-0.4, -0.2) is 27.2 Å². The van der Waals surface area contributed by atoms with E-state index < -0.39 is 0 Å². The van der Waals surface area contributed by atoms with E-state index in [9.17, 15) is 5.11 Å². The monoisotopic (exact) mass is 227 g/mol. The summed E-state index contributed by atoms with van der Waals surface area (Å²) >= 11 is 5.89. The van der Waals surface area contributed by atoms with Crippen LogP contribution >= 0.6 is 11.6 Å². The highest BCUT2D eigenvalue weighted by Crippen LogP contribution is 2.23. The molecule has 1 fully saturated rings. The van der Waals surface area contributed by atoms with Crippen molar-refractivity contribution in [1.29, 1.82) is 0 Å². The van der Waals surface area contributed by atoms with Gasteiger partial charge in [-0.25, -0.2) is 9.97 Å². The molecule has 1 aliphatic carbocycles. The van der Waals surface area contributed by atoms with Crippen molar-refractivity contribution in [3.05, 3.63) is 17.5 Å². The molecule has 2 N–H and O–H groups in total. The molecule has 1 saturated carbocycles. The number of aromatic nitrogens is 2. The molecular weight excluding hydrogens is 214 g/mol. The van der Waals surface area contributed by atoms with Gasteiger partial charge in [-0.3, -0.25) is 0 Å². The zero-order valence-corrected chi connectivity index (χ0v) is 9.11. The first-order valence-electron chi connectivity index (χ1n) is 5.17. The lowest BCUT2D eigenvalue weighted by Gasteiger charge is -2.26. The van der Waals surface area contributed by atoms with Gasteiger partial charge in [0.25, 0.3) is 0 Å². The normalized spacial score (nSPS) is 26.3. The third-order valence-electron chi connectivity index (χ3n) is 2.69. The Balaban J connectivity index is 1.95. The Bertz CT molecular complexity index is 326. The molecule has 0 bridgehead atoms. The topological polar surface area (TPSA) is 58.0 Å². The Morgan fingerprint density at radius 1 is 1.20 bits per heavy atom. The number of nitrogens with zero attached hydrogens (tertiary/aromatic N) is 2. The largest absolute Gasteiger partial charge is 0.393 e. The standard InChI is InChI=1S/C10H14ClN3O/c11-9-10(13-6-5-12-9)14-7-1-3-8(15)4-2-7/h5-8,15H,1-4H2,(H,13,14). The lowest BCUT2D eigenvalue weighted by atomic mass is 9.93. The van der Waals surface area contributed by atoms with Gasteiger partial charge in [0.1, 0.15) is 0 Å². The summed E-state index contributed by atoms with van der Waals surface area (Å²) < 4.78 is 0. The van der Waals surface area contributed by atoms with Gasteiger partial charge in [0.2, 0.25) is 0 Å². The lowest BCUT2D eigenvalue weighted by Crippen LogP contribution is -2.28. The van der Waals surface area contributed by atoms with Gasteiger partial charge in [0.05, 0.1) is 6.10 Å². The maximum atomic E-state index is 9.37. The highest BCUT2D eigenvalue weighted by Gasteiger charge is 2.20. The van der Waals surface area contributed by atoms with E-state index in [-0.39, 0.29) is 6.10 Å². The number of hydrogen-bond donors (Lipinski definition) is 2. The van der Waals surface area contributed by atoms with E-state index >= 15 is 0 Å². The Labute approximate surface area is 93.7 Å². The van der Waals surface area contributed by atoms with Crippen LogP contribution in [0.2, 0.25) is 5.15 Å². The first kappa shape index (κ1) is 10.6. The molecular formula is C10H14ClN3O. The van der Waals surface area contributed by atoms with Gasteiger partial charge < -0.3 is 10.4 Å². The van der Waals surface area contributed by atoms with Crippen LogP contribution in [0.1, 0.15) is 25.7 Å². The highest BCUT2D eigenvalue weighted by atomic mass is 35.5. The fourth-order valence-electron chi connectivity index (χ4n) is 1.83. The Morgan fingerprint density at radius 3 is 2.53 bits per heavy atom. The van der Waals surface area contributed by atoms with Crippen LogP contribution in [0.15, 0.2) is 12.4 Å². The van der Waals surface area contributed by atoms with E-state index in [4.69, 9.17) is 11.6 Å². The maximum Gasteiger partial charge on any atom is 0.171 e. The zero-order valence-electron chi connectivity index (χ0n) is 8.36. The molecule has 82 valence electrons. The highest BCUT2D eigenvalue weighted by molar-refractivity contribution is 6.31. The number of aliphatic hydroxyl groups is 1. The average molecular weight is 228 g/mol. The lowest BCUT2D eigenvalue weighted by molar-refractivity contribution is 0.126. The van der Waals surface area contributed by atoms with Crippen molar-refractivity contribution in [2.24, 2.45) is 0 Å². The van der Waals surface area contributed by atoms with Crippen LogP contribution in [0.4, 0.5) is 5.82 Å². The van der Waals surface area contributed by atoms with Crippen LogP contribution in [0.5, 0.6) is 0 Å². The molecule has 5 heteroatoms. The summed E-state index contributed by atoms with van der Waals surface area (Å²) in [5, 5.41) is 13.0. The molecule has 1 aromatic rings. The molecule has 15 heavy (non-hydrogen) atoms. The molecule has 0 atom stereocenters. The SMILES string of the molecule is OC1CCC(Nc2nccnc2Cl)CC1. The van der Waals surface area contributed by atoms with Crippen LogP contribution in [0.3, 0.4) is 0 Å². The summed E-state index contributed by atoms with van der Waals surface area (Å²) in [5.41, 5.74) is 0.